The first kappa shape index (κ1) is 10.4. The smallest absolute Gasteiger partial charge is 0.128 e. The Bertz CT molecular complexity index is 318. The van der Waals surface area contributed by atoms with E-state index in [1.54, 1.807) is 0 Å². The molecule has 1 N–H and O–H groups in total. The summed E-state index contributed by atoms with van der Waals surface area (Å²) >= 11 is 0. The highest BCUT2D eigenvalue weighted by Crippen LogP contribution is 2.12. The number of hydrogen-bond donors (Lipinski definition) is 1. The monoisotopic (exact) mass is 205 g/mol. The number of aryl methyl sites for hydroxylation is 1. The van der Waals surface area contributed by atoms with Crippen LogP contribution in [0.1, 0.15) is 18.5 Å². The molecule has 0 spiro atoms. The minimum Gasteiger partial charge on any atom is -0.358 e. The van der Waals surface area contributed by atoms with Gasteiger partial charge in [0.15, 0.2) is 0 Å². The van der Waals surface area contributed by atoms with E-state index in [0.717, 1.165) is 18.1 Å². The lowest BCUT2D eigenvalue weighted by Gasteiger charge is -2.22. The molecule has 3 nitrogen and oxygen atoms in total. The third kappa shape index (κ3) is 2.69. The second-order valence-corrected chi connectivity index (χ2v) is 4.31. The van der Waals surface area contributed by atoms with E-state index < -0.39 is 0 Å². The zero-order chi connectivity index (χ0) is 10.7. The van der Waals surface area contributed by atoms with E-state index in [1.807, 2.05) is 13.0 Å². The van der Waals surface area contributed by atoms with Gasteiger partial charge >= 0.3 is 0 Å². The van der Waals surface area contributed by atoms with Crippen LogP contribution in [0.5, 0.6) is 0 Å². The molecule has 3 heteroatoms. The lowest BCUT2D eigenvalue weighted by atomic mass is 10.2. The molecule has 0 bridgehead atoms. The number of nitrogens with zero attached hydrogens (tertiary/aromatic N) is 2. The maximum absolute atomic E-state index is 4.51. The van der Waals surface area contributed by atoms with Crippen molar-refractivity contribution in [1.29, 1.82) is 0 Å². The van der Waals surface area contributed by atoms with Gasteiger partial charge in [0, 0.05) is 25.3 Å². The molecule has 1 atom stereocenters. The first-order valence-corrected chi connectivity index (χ1v) is 5.64. The fraction of sp³-hybridized carbons (Fsp3) is 0.583. The Morgan fingerprint density at radius 1 is 1.53 bits per heavy atom. The van der Waals surface area contributed by atoms with Gasteiger partial charge in [-0.05, 0) is 38.4 Å². The Morgan fingerprint density at radius 2 is 2.40 bits per heavy atom. The third-order valence-electron chi connectivity index (χ3n) is 2.92. The topological polar surface area (TPSA) is 28.2 Å². The van der Waals surface area contributed by atoms with Gasteiger partial charge < -0.3 is 10.2 Å². The van der Waals surface area contributed by atoms with Crippen molar-refractivity contribution in [2.45, 2.75) is 25.8 Å². The molecule has 0 aromatic carbocycles. The molecule has 82 valence electrons. The number of nitrogens with one attached hydrogen (secondary N) is 1. The summed E-state index contributed by atoms with van der Waals surface area (Å²) in [5.41, 5.74) is 1.08. The Balaban J connectivity index is 1.97. The van der Waals surface area contributed by atoms with Crippen molar-refractivity contribution < 1.29 is 0 Å². The van der Waals surface area contributed by atoms with Crippen molar-refractivity contribution in [2.24, 2.45) is 0 Å². The van der Waals surface area contributed by atoms with Crippen LogP contribution in [0.4, 0.5) is 5.82 Å². The minimum atomic E-state index is 0.636. The van der Waals surface area contributed by atoms with Gasteiger partial charge in [0.05, 0.1) is 0 Å². The predicted octanol–water partition coefficient (Wildman–Crippen LogP) is 1.58. The maximum Gasteiger partial charge on any atom is 0.128 e. The van der Waals surface area contributed by atoms with Gasteiger partial charge in [0.25, 0.3) is 0 Å². The number of anilines is 1. The Labute approximate surface area is 91.5 Å². The summed E-state index contributed by atoms with van der Waals surface area (Å²) in [6.07, 6.45) is 2.59. The van der Waals surface area contributed by atoms with Crippen LogP contribution in [-0.4, -0.2) is 31.2 Å². The van der Waals surface area contributed by atoms with E-state index in [2.05, 4.69) is 34.4 Å². The summed E-state index contributed by atoms with van der Waals surface area (Å²) in [6.45, 7) is 4.25. The fourth-order valence-corrected chi connectivity index (χ4v) is 2.08. The van der Waals surface area contributed by atoms with Gasteiger partial charge in [-0.25, -0.2) is 4.98 Å². The molecule has 0 saturated carbocycles. The lowest BCUT2D eigenvalue weighted by Crippen LogP contribution is -2.35. The third-order valence-corrected chi connectivity index (χ3v) is 2.92. The molecule has 0 amide bonds. The van der Waals surface area contributed by atoms with Crippen LogP contribution in [0.3, 0.4) is 0 Å². The van der Waals surface area contributed by atoms with E-state index in [0.29, 0.717) is 6.04 Å². The first-order valence-electron chi connectivity index (χ1n) is 5.64. The predicted molar refractivity (Wildman–Crippen MR) is 63.3 cm³/mol. The number of pyridine rings is 1. The zero-order valence-electron chi connectivity index (χ0n) is 9.53. The van der Waals surface area contributed by atoms with Crippen molar-refractivity contribution >= 4 is 5.82 Å². The van der Waals surface area contributed by atoms with Crippen LogP contribution in [-0.2, 0) is 0 Å². The molecule has 0 aliphatic carbocycles. The van der Waals surface area contributed by atoms with Crippen LogP contribution < -0.4 is 10.2 Å². The Hall–Kier alpha value is -1.09. The number of hydrogen-bond acceptors (Lipinski definition) is 3. The molecule has 2 rings (SSSR count). The van der Waals surface area contributed by atoms with Crippen molar-refractivity contribution in [3.8, 4) is 0 Å². The van der Waals surface area contributed by atoms with Gasteiger partial charge in [-0.15, -0.1) is 0 Å². The zero-order valence-corrected chi connectivity index (χ0v) is 9.53. The summed E-state index contributed by atoms with van der Waals surface area (Å²) < 4.78 is 0. The van der Waals surface area contributed by atoms with Crippen LogP contribution in [0.15, 0.2) is 18.2 Å². The molecule has 15 heavy (non-hydrogen) atoms. The normalized spacial score (nSPS) is 20.5. The lowest BCUT2D eigenvalue weighted by molar-refractivity contribution is 0.597. The Morgan fingerprint density at radius 3 is 3.07 bits per heavy atom. The van der Waals surface area contributed by atoms with Crippen molar-refractivity contribution in [3.05, 3.63) is 23.9 Å². The number of aromatic nitrogens is 1. The largest absolute Gasteiger partial charge is 0.358 e. The Kier molecular flexibility index (Phi) is 3.21. The molecule has 1 aliphatic rings. The average molecular weight is 205 g/mol. The second-order valence-electron chi connectivity index (χ2n) is 4.31. The highest BCUT2D eigenvalue weighted by molar-refractivity contribution is 5.38. The molecule has 1 aromatic rings. The van der Waals surface area contributed by atoms with Gasteiger partial charge in [0.1, 0.15) is 5.82 Å². The van der Waals surface area contributed by atoms with E-state index in [9.17, 15) is 0 Å². The SMILES string of the molecule is Cc1cccc(N(C)CC2CCCN2)n1. The van der Waals surface area contributed by atoms with Crippen molar-refractivity contribution in [2.75, 3.05) is 25.0 Å². The molecule has 2 heterocycles. The first-order chi connectivity index (χ1) is 7.25. The summed E-state index contributed by atoms with van der Waals surface area (Å²) in [4.78, 5) is 6.75. The summed E-state index contributed by atoms with van der Waals surface area (Å²) in [5, 5.41) is 3.50. The summed E-state index contributed by atoms with van der Waals surface area (Å²) in [7, 11) is 2.11. The quantitative estimate of drug-likeness (QED) is 0.812. The van der Waals surface area contributed by atoms with Crippen LogP contribution in [0, 0.1) is 6.92 Å². The van der Waals surface area contributed by atoms with Gasteiger partial charge in [-0.1, -0.05) is 6.07 Å². The van der Waals surface area contributed by atoms with E-state index in [4.69, 9.17) is 0 Å². The van der Waals surface area contributed by atoms with Gasteiger partial charge in [0.2, 0.25) is 0 Å². The molecule has 1 saturated heterocycles. The van der Waals surface area contributed by atoms with Gasteiger partial charge in [-0.2, -0.15) is 0 Å². The van der Waals surface area contributed by atoms with Crippen molar-refractivity contribution in [3.63, 3.8) is 0 Å². The molecule has 0 radical (unpaired) electrons. The van der Waals surface area contributed by atoms with Gasteiger partial charge in [-0.3, -0.25) is 0 Å². The van der Waals surface area contributed by atoms with Crippen LogP contribution in [0.25, 0.3) is 0 Å². The second kappa shape index (κ2) is 4.62. The standard InChI is InChI=1S/C12H19N3/c1-10-5-3-7-12(14-10)15(2)9-11-6-4-8-13-11/h3,5,7,11,13H,4,6,8-9H2,1-2H3. The van der Waals surface area contributed by atoms with Crippen LogP contribution >= 0.6 is 0 Å². The van der Waals surface area contributed by atoms with Crippen LogP contribution in [0.2, 0.25) is 0 Å². The number of rotatable bonds is 3. The fourth-order valence-electron chi connectivity index (χ4n) is 2.08. The minimum absolute atomic E-state index is 0.636. The number of likely N-dealkylation sites (N-methyl/N-ethyl adjacent to an activating group) is 1. The van der Waals surface area contributed by atoms with E-state index >= 15 is 0 Å². The highest BCUT2D eigenvalue weighted by atomic mass is 15.2. The average Bonchev–Trinajstić information content (AvgIpc) is 2.70. The molecule has 1 aliphatic heterocycles. The van der Waals surface area contributed by atoms with E-state index in [-0.39, 0.29) is 0 Å². The summed E-state index contributed by atoms with van der Waals surface area (Å²) in [6, 6.07) is 6.81. The molecule has 1 fully saturated rings. The highest BCUT2D eigenvalue weighted by Gasteiger charge is 2.16. The molecular formula is C12H19N3. The maximum atomic E-state index is 4.51. The van der Waals surface area contributed by atoms with E-state index in [1.165, 1.54) is 19.4 Å². The molecule has 1 unspecified atom stereocenters. The van der Waals surface area contributed by atoms with Crippen molar-refractivity contribution in [1.82, 2.24) is 10.3 Å². The molecular weight excluding hydrogens is 186 g/mol. The summed E-state index contributed by atoms with van der Waals surface area (Å²) in [5.74, 6) is 1.07. The molecule has 1 aromatic heterocycles.